The number of nitrogens with zero attached hydrogens (tertiary/aromatic N) is 2. The molecule has 10 heteroatoms. The number of carbonyl (C=O) groups excluding carboxylic acids is 1. The summed E-state index contributed by atoms with van der Waals surface area (Å²) in [5.41, 5.74) is 0.152. The normalized spacial score (nSPS) is 13.3. The van der Waals surface area contributed by atoms with Crippen LogP contribution in [0.2, 0.25) is 0 Å². The van der Waals surface area contributed by atoms with Crippen molar-refractivity contribution in [1.29, 1.82) is 0 Å². The van der Waals surface area contributed by atoms with Crippen molar-refractivity contribution in [3.63, 3.8) is 0 Å². The van der Waals surface area contributed by atoms with Crippen molar-refractivity contribution in [2.75, 3.05) is 4.72 Å². The van der Waals surface area contributed by atoms with E-state index in [0.717, 1.165) is 23.6 Å². The van der Waals surface area contributed by atoms with Crippen molar-refractivity contribution in [3.8, 4) is 0 Å². The zero-order valence-corrected chi connectivity index (χ0v) is 19.4. The van der Waals surface area contributed by atoms with E-state index in [0.29, 0.717) is 21.7 Å². The second-order valence-electron chi connectivity index (χ2n) is 8.05. The topological polar surface area (TPSA) is 91.7 Å². The third-order valence-electron chi connectivity index (χ3n) is 4.32. The van der Waals surface area contributed by atoms with Gasteiger partial charge in [0.25, 0.3) is 0 Å². The van der Waals surface area contributed by atoms with Crippen LogP contribution < -0.4 is 4.72 Å². The molecule has 166 valence electrons. The fraction of sp³-hybridized carbons (Fsp3) is 0.500. The summed E-state index contributed by atoms with van der Waals surface area (Å²) in [6.07, 6.45) is 0.885. The second kappa shape index (κ2) is 9.49. The summed E-state index contributed by atoms with van der Waals surface area (Å²) in [6, 6.07) is 1.13. The van der Waals surface area contributed by atoms with Gasteiger partial charge in [-0.3, -0.25) is 9.78 Å². The summed E-state index contributed by atoms with van der Waals surface area (Å²) >= 11 is 0.880. The van der Waals surface area contributed by atoms with Gasteiger partial charge < -0.3 is 18.4 Å². The zero-order valence-electron chi connectivity index (χ0n) is 17.7. The molecule has 0 aliphatic carbocycles. The number of hydrogen-bond donors (Lipinski definition) is 2. The Morgan fingerprint density at radius 3 is 2.40 bits per heavy atom. The minimum absolute atomic E-state index is 0.0463. The maximum Gasteiger partial charge on any atom is 0.228 e. The lowest BCUT2D eigenvalue weighted by atomic mass is 9.90. The number of amides is 1. The van der Waals surface area contributed by atoms with Crippen LogP contribution in [-0.4, -0.2) is 16.0 Å². The second-order valence-corrected chi connectivity index (χ2v) is 9.99. The highest BCUT2D eigenvalue weighted by Crippen LogP contribution is 2.34. The molecule has 0 unspecified atom stereocenters. The van der Waals surface area contributed by atoms with Crippen LogP contribution in [0.3, 0.4) is 0 Å². The maximum atomic E-state index is 14.4. The highest BCUT2D eigenvalue weighted by molar-refractivity contribution is 7.76. The molecule has 2 N–H and O–H groups in total. The van der Waals surface area contributed by atoms with E-state index >= 15 is 0 Å². The Labute approximate surface area is 181 Å². The lowest BCUT2D eigenvalue weighted by molar-refractivity contribution is -0.117. The average Bonchev–Trinajstić information content (AvgIpc) is 2.95. The van der Waals surface area contributed by atoms with Crippen molar-refractivity contribution >= 4 is 33.0 Å². The van der Waals surface area contributed by atoms with E-state index in [9.17, 15) is 22.9 Å². The van der Waals surface area contributed by atoms with Crippen molar-refractivity contribution in [3.05, 3.63) is 45.6 Å². The molecule has 2 rings (SSSR count). The fourth-order valence-corrected chi connectivity index (χ4v) is 4.70. The Balaban J connectivity index is 2.29. The molecule has 1 amide bonds. The summed E-state index contributed by atoms with van der Waals surface area (Å²) in [7, 11) is -2.24. The van der Waals surface area contributed by atoms with Gasteiger partial charge in [-0.15, -0.1) is 11.3 Å². The van der Waals surface area contributed by atoms with E-state index < -0.39 is 33.9 Å². The van der Waals surface area contributed by atoms with Gasteiger partial charge in [0.2, 0.25) is 5.91 Å². The average molecular weight is 459 g/mol. The van der Waals surface area contributed by atoms with Gasteiger partial charge in [-0.05, 0) is 42.9 Å². The Bertz CT molecular complexity index is 1020. The van der Waals surface area contributed by atoms with Crippen LogP contribution in [0.5, 0.6) is 0 Å². The van der Waals surface area contributed by atoms with Gasteiger partial charge in [0.15, 0.2) is 5.82 Å². The van der Waals surface area contributed by atoms with Crippen LogP contribution in [0.25, 0.3) is 0 Å². The fourth-order valence-electron chi connectivity index (χ4n) is 2.98. The first kappa shape index (κ1) is 24.4. The molecule has 6 nitrogen and oxygen atoms in total. The molecule has 0 radical (unpaired) electrons. The quantitative estimate of drug-likeness (QED) is 0.562. The van der Waals surface area contributed by atoms with E-state index in [1.165, 1.54) is 13.8 Å². The molecule has 0 aromatic carbocycles. The number of anilines is 1. The van der Waals surface area contributed by atoms with E-state index in [2.05, 4.69) is 14.1 Å². The van der Waals surface area contributed by atoms with Gasteiger partial charge in [-0.2, -0.15) is 0 Å². The number of pyridine rings is 1. The van der Waals surface area contributed by atoms with Gasteiger partial charge in [0.1, 0.15) is 10.8 Å². The third-order valence-corrected chi connectivity index (χ3v) is 6.53. The van der Waals surface area contributed by atoms with Crippen molar-refractivity contribution in [1.82, 2.24) is 4.98 Å². The van der Waals surface area contributed by atoms with Crippen LogP contribution >= 0.6 is 11.3 Å². The SMILES string of the molecule is CC(C)c1ncc(F)c(C(C)C)c1CC(=O)N=[S-](=O)Nc1sc(C(C)(C)O)cc1F. The van der Waals surface area contributed by atoms with Crippen molar-refractivity contribution in [2.45, 2.75) is 65.4 Å². The first-order valence-corrected chi connectivity index (χ1v) is 11.4. The summed E-state index contributed by atoms with van der Waals surface area (Å²) in [6.45, 7) is 10.4. The molecule has 0 atom stereocenters. The van der Waals surface area contributed by atoms with Crippen LogP contribution in [0.15, 0.2) is 16.6 Å². The Morgan fingerprint density at radius 2 is 1.90 bits per heavy atom. The van der Waals surface area contributed by atoms with E-state index in [4.69, 9.17) is 0 Å². The van der Waals surface area contributed by atoms with E-state index in [1.54, 1.807) is 0 Å². The van der Waals surface area contributed by atoms with Gasteiger partial charge in [0.05, 0.1) is 18.2 Å². The van der Waals surface area contributed by atoms with Gasteiger partial charge in [0, 0.05) is 10.6 Å². The molecule has 2 heterocycles. The predicted octanol–water partition coefficient (Wildman–Crippen LogP) is 5.14. The standard InChI is InChI=1S/C20H26F2N3O3S2/c1-10(2)17-12(18(11(3)4)23-9-14(17)22)7-16(26)24-30(28)25-19-13(21)8-15(29-19)20(5,6)27/h8-11,27H,7H2,1-6H3,(H,24,25,26,28)/q-1. The number of thiophene rings is 1. The molecule has 0 aliphatic heterocycles. The molecule has 0 spiro atoms. The minimum Gasteiger partial charge on any atom is -0.424 e. The molecule has 0 aliphatic rings. The lowest BCUT2D eigenvalue weighted by Crippen LogP contribution is -2.13. The first-order chi connectivity index (χ1) is 13.8. The van der Waals surface area contributed by atoms with Crippen LogP contribution in [-0.2, 0) is 31.8 Å². The number of aliphatic hydroxyl groups is 1. The Morgan fingerprint density at radius 1 is 1.27 bits per heavy atom. The van der Waals surface area contributed by atoms with Crippen LogP contribution in [0.4, 0.5) is 13.8 Å². The molecular formula is C20H26F2N3O3S2-. The summed E-state index contributed by atoms with van der Waals surface area (Å²) in [5, 5.41) is 9.86. The van der Waals surface area contributed by atoms with Gasteiger partial charge >= 0.3 is 0 Å². The number of rotatable bonds is 7. The van der Waals surface area contributed by atoms with Gasteiger partial charge in [-0.25, -0.2) is 8.78 Å². The smallest absolute Gasteiger partial charge is 0.228 e. The number of carbonyl (C=O) groups is 1. The number of halogens is 2. The molecule has 0 bridgehead atoms. The monoisotopic (exact) mass is 458 g/mol. The maximum absolute atomic E-state index is 14.4. The van der Waals surface area contributed by atoms with E-state index in [-0.39, 0.29) is 23.3 Å². The third kappa shape index (κ3) is 5.83. The first-order valence-electron chi connectivity index (χ1n) is 9.43. The molecule has 30 heavy (non-hydrogen) atoms. The predicted molar refractivity (Wildman–Crippen MR) is 115 cm³/mol. The summed E-state index contributed by atoms with van der Waals surface area (Å²) < 4.78 is 46.5. The molecule has 0 saturated carbocycles. The largest absolute Gasteiger partial charge is 0.424 e. The highest BCUT2D eigenvalue weighted by atomic mass is 32.2. The Hall–Kier alpha value is -1.91. The van der Waals surface area contributed by atoms with Crippen molar-refractivity contribution in [2.24, 2.45) is 4.36 Å². The highest BCUT2D eigenvalue weighted by Gasteiger charge is 2.22. The number of aromatic nitrogens is 1. The van der Waals surface area contributed by atoms with Crippen molar-refractivity contribution < 1.29 is 22.9 Å². The molecular weight excluding hydrogens is 432 g/mol. The van der Waals surface area contributed by atoms with Gasteiger partial charge in [-0.1, -0.05) is 38.5 Å². The molecule has 2 aromatic heterocycles. The Kier molecular flexibility index (Phi) is 7.70. The summed E-state index contributed by atoms with van der Waals surface area (Å²) in [5.74, 6) is -2.17. The molecule has 0 fully saturated rings. The number of nitrogens with one attached hydrogen (secondary N) is 1. The number of hydrogen-bond acceptors (Lipinski definition) is 6. The van der Waals surface area contributed by atoms with E-state index in [1.807, 2.05) is 27.7 Å². The minimum atomic E-state index is -2.24. The molecule has 2 aromatic rings. The zero-order chi connectivity index (χ0) is 22.8. The lowest BCUT2D eigenvalue weighted by Gasteiger charge is -2.19. The molecule has 0 saturated heterocycles. The van der Waals surface area contributed by atoms with Crippen LogP contribution in [0, 0.1) is 11.6 Å². The van der Waals surface area contributed by atoms with Crippen LogP contribution in [0.1, 0.15) is 75.1 Å². The summed E-state index contributed by atoms with van der Waals surface area (Å²) in [4.78, 5) is 16.9.